The van der Waals surface area contributed by atoms with Crippen LogP contribution in [0.5, 0.6) is 0 Å². The third-order valence-corrected chi connectivity index (χ3v) is 3.11. The number of rotatable bonds is 3. The Balaban J connectivity index is 0.00000128. The molecule has 0 saturated carbocycles. The summed E-state index contributed by atoms with van der Waals surface area (Å²) in [5, 5.41) is 7.71. The number of aromatic nitrogens is 2. The highest BCUT2D eigenvalue weighted by molar-refractivity contribution is 5.85. The van der Waals surface area contributed by atoms with Crippen molar-refractivity contribution in [2.75, 3.05) is 19.6 Å². The molecule has 1 saturated heterocycles. The van der Waals surface area contributed by atoms with Crippen LogP contribution in [0.1, 0.15) is 19.5 Å². The maximum Gasteiger partial charge on any atom is 0.0524 e. The van der Waals surface area contributed by atoms with Gasteiger partial charge in [-0.2, -0.15) is 5.10 Å². The lowest BCUT2D eigenvalue weighted by Gasteiger charge is -2.33. The van der Waals surface area contributed by atoms with Crippen LogP contribution in [0.15, 0.2) is 12.3 Å². The number of halogens is 1. The Morgan fingerprint density at radius 1 is 1.56 bits per heavy atom. The van der Waals surface area contributed by atoms with Crippen molar-refractivity contribution >= 4 is 12.4 Å². The Kier molecular flexibility index (Phi) is 5.25. The minimum atomic E-state index is 0. The van der Waals surface area contributed by atoms with Crippen LogP contribution in [0.3, 0.4) is 0 Å². The second kappa shape index (κ2) is 6.23. The van der Waals surface area contributed by atoms with Gasteiger partial charge in [-0.05, 0) is 19.9 Å². The lowest BCUT2D eigenvalue weighted by atomic mass is 10.2. The molecule has 0 aliphatic carbocycles. The van der Waals surface area contributed by atoms with Crippen LogP contribution >= 0.6 is 12.4 Å². The van der Waals surface area contributed by atoms with Crippen LogP contribution in [0.4, 0.5) is 0 Å². The van der Waals surface area contributed by atoms with E-state index >= 15 is 0 Å². The first kappa shape index (κ1) is 13.5. The van der Waals surface area contributed by atoms with Gasteiger partial charge in [0.2, 0.25) is 0 Å². The average Bonchev–Trinajstić information content (AvgIpc) is 2.69. The molecular formula is C11H21ClN4. The van der Waals surface area contributed by atoms with Gasteiger partial charge >= 0.3 is 0 Å². The highest BCUT2D eigenvalue weighted by Crippen LogP contribution is 2.09. The van der Waals surface area contributed by atoms with Gasteiger partial charge in [0, 0.05) is 45.0 Å². The fourth-order valence-electron chi connectivity index (χ4n) is 2.11. The second-order valence-electron chi connectivity index (χ2n) is 4.16. The zero-order valence-corrected chi connectivity index (χ0v) is 10.8. The normalized spacial score (nSPS) is 21.8. The zero-order chi connectivity index (χ0) is 10.7. The minimum absolute atomic E-state index is 0. The van der Waals surface area contributed by atoms with Crippen molar-refractivity contribution in [2.24, 2.45) is 0 Å². The van der Waals surface area contributed by atoms with E-state index in [4.69, 9.17) is 0 Å². The van der Waals surface area contributed by atoms with Gasteiger partial charge < -0.3 is 5.32 Å². The summed E-state index contributed by atoms with van der Waals surface area (Å²) in [4.78, 5) is 2.51. The van der Waals surface area contributed by atoms with Crippen LogP contribution in [0, 0.1) is 0 Å². The largest absolute Gasteiger partial charge is 0.314 e. The van der Waals surface area contributed by atoms with Gasteiger partial charge in [0.25, 0.3) is 0 Å². The van der Waals surface area contributed by atoms with E-state index in [2.05, 4.69) is 39.9 Å². The van der Waals surface area contributed by atoms with Gasteiger partial charge in [0.05, 0.1) is 5.69 Å². The first-order chi connectivity index (χ1) is 7.31. The van der Waals surface area contributed by atoms with Crippen molar-refractivity contribution in [3.05, 3.63) is 18.0 Å². The molecule has 1 fully saturated rings. The van der Waals surface area contributed by atoms with Crippen molar-refractivity contribution in [3.8, 4) is 0 Å². The number of aryl methyl sites for hydroxylation is 1. The van der Waals surface area contributed by atoms with Gasteiger partial charge in [-0.1, -0.05) is 0 Å². The number of nitrogens with zero attached hydrogens (tertiary/aromatic N) is 3. The first-order valence-electron chi connectivity index (χ1n) is 5.76. The molecule has 1 aliphatic rings. The van der Waals surface area contributed by atoms with Gasteiger partial charge in [-0.15, -0.1) is 12.4 Å². The molecule has 1 unspecified atom stereocenters. The zero-order valence-electron chi connectivity index (χ0n) is 10.0. The van der Waals surface area contributed by atoms with E-state index < -0.39 is 0 Å². The van der Waals surface area contributed by atoms with Gasteiger partial charge in [-0.25, -0.2) is 0 Å². The summed E-state index contributed by atoms with van der Waals surface area (Å²) in [6.45, 7) is 9.73. The monoisotopic (exact) mass is 244 g/mol. The minimum Gasteiger partial charge on any atom is -0.314 e. The summed E-state index contributed by atoms with van der Waals surface area (Å²) in [6.07, 6.45) is 1.89. The van der Waals surface area contributed by atoms with E-state index in [1.54, 1.807) is 0 Å². The average molecular weight is 245 g/mol. The summed E-state index contributed by atoms with van der Waals surface area (Å²) in [7, 11) is 0. The fraction of sp³-hybridized carbons (Fsp3) is 0.727. The number of nitrogens with one attached hydrogen (secondary N) is 1. The molecule has 16 heavy (non-hydrogen) atoms. The molecule has 4 nitrogen and oxygen atoms in total. The Labute approximate surface area is 103 Å². The molecule has 92 valence electrons. The Morgan fingerprint density at radius 2 is 2.38 bits per heavy atom. The topological polar surface area (TPSA) is 33.1 Å². The molecular weight excluding hydrogens is 224 g/mol. The summed E-state index contributed by atoms with van der Waals surface area (Å²) in [5.41, 5.74) is 1.33. The molecule has 0 aromatic carbocycles. The quantitative estimate of drug-likeness (QED) is 0.865. The molecule has 1 aliphatic heterocycles. The molecule has 0 spiro atoms. The van der Waals surface area contributed by atoms with Gasteiger partial charge in [0.15, 0.2) is 0 Å². The number of hydrogen-bond acceptors (Lipinski definition) is 3. The third-order valence-electron chi connectivity index (χ3n) is 3.11. The van der Waals surface area contributed by atoms with Crippen LogP contribution in [-0.4, -0.2) is 40.4 Å². The Morgan fingerprint density at radius 3 is 3.06 bits per heavy atom. The van der Waals surface area contributed by atoms with Gasteiger partial charge in [-0.3, -0.25) is 9.58 Å². The second-order valence-corrected chi connectivity index (χ2v) is 4.16. The maximum absolute atomic E-state index is 4.30. The van der Waals surface area contributed by atoms with E-state index in [0.717, 1.165) is 32.7 Å². The number of piperazine rings is 1. The first-order valence-corrected chi connectivity index (χ1v) is 5.76. The Bertz CT molecular complexity index is 313. The molecule has 1 aromatic heterocycles. The van der Waals surface area contributed by atoms with Crippen molar-refractivity contribution in [1.82, 2.24) is 20.0 Å². The molecule has 0 bridgehead atoms. The maximum atomic E-state index is 4.30. The van der Waals surface area contributed by atoms with Gasteiger partial charge in [0.1, 0.15) is 0 Å². The summed E-state index contributed by atoms with van der Waals surface area (Å²) < 4.78 is 2.08. The molecule has 1 N–H and O–H groups in total. The lowest BCUT2D eigenvalue weighted by molar-refractivity contribution is 0.161. The van der Waals surface area contributed by atoms with Crippen molar-refractivity contribution in [1.29, 1.82) is 0 Å². The molecule has 2 heterocycles. The summed E-state index contributed by atoms with van der Waals surface area (Å²) in [6, 6.07) is 2.75. The summed E-state index contributed by atoms with van der Waals surface area (Å²) >= 11 is 0. The van der Waals surface area contributed by atoms with Crippen LogP contribution in [-0.2, 0) is 13.1 Å². The predicted octanol–water partition coefficient (Wildman–Crippen LogP) is 1.12. The van der Waals surface area contributed by atoms with Crippen molar-refractivity contribution < 1.29 is 0 Å². The smallest absolute Gasteiger partial charge is 0.0524 e. The van der Waals surface area contributed by atoms with Crippen LogP contribution < -0.4 is 5.32 Å². The fourth-order valence-corrected chi connectivity index (χ4v) is 2.11. The van der Waals surface area contributed by atoms with E-state index in [0.29, 0.717) is 6.04 Å². The molecule has 5 heteroatoms. The highest BCUT2D eigenvalue weighted by Gasteiger charge is 2.18. The molecule has 2 rings (SSSR count). The molecule has 0 radical (unpaired) electrons. The molecule has 0 amide bonds. The third kappa shape index (κ3) is 2.97. The Hall–Kier alpha value is -0.580. The standard InChI is InChI=1S/C11H20N4.ClH/c1-3-15-11(4-5-13-15)9-14-7-6-12-8-10(14)2;/h4-5,10,12H,3,6-9H2,1-2H3;1H. The van der Waals surface area contributed by atoms with Crippen molar-refractivity contribution in [2.45, 2.75) is 33.0 Å². The van der Waals surface area contributed by atoms with E-state index in [1.165, 1.54) is 5.69 Å². The van der Waals surface area contributed by atoms with Crippen LogP contribution in [0.25, 0.3) is 0 Å². The van der Waals surface area contributed by atoms with E-state index in [9.17, 15) is 0 Å². The number of hydrogen-bond donors (Lipinski definition) is 1. The van der Waals surface area contributed by atoms with Crippen molar-refractivity contribution in [3.63, 3.8) is 0 Å². The molecule has 1 aromatic rings. The SMILES string of the molecule is CCn1nccc1CN1CCNCC1C.Cl. The van der Waals surface area contributed by atoms with E-state index in [-0.39, 0.29) is 12.4 Å². The van der Waals surface area contributed by atoms with E-state index in [1.807, 2.05) is 6.20 Å². The van der Waals surface area contributed by atoms with Crippen LogP contribution in [0.2, 0.25) is 0 Å². The highest BCUT2D eigenvalue weighted by atomic mass is 35.5. The summed E-state index contributed by atoms with van der Waals surface area (Å²) in [5.74, 6) is 0. The predicted molar refractivity (Wildman–Crippen MR) is 67.9 cm³/mol. The lowest BCUT2D eigenvalue weighted by Crippen LogP contribution is -2.49. The molecule has 1 atom stereocenters.